The first-order chi connectivity index (χ1) is 9.88. The molecule has 0 fully saturated rings. The molecule has 2 rings (SSSR count). The molecule has 2 heterocycles. The number of rotatable bonds is 5. The number of carbonyl (C=O) groups excluding carboxylic acids is 1. The number of nitrogens with zero attached hydrogens (tertiary/aromatic N) is 2. The number of anilines is 1. The lowest BCUT2D eigenvalue weighted by molar-refractivity contribution is -0.141. The first kappa shape index (κ1) is 14.8. The van der Waals surface area contributed by atoms with Crippen molar-refractivity contribution in [2.75, 3.05) is 11.9 Å². The molecule has 0 radical (unpaired) electrons. The van der Waals surface area contributed by atoms with E-state index in [4.69, 9.17) is 5.73 Å². The summed E-state index contributed by atoms with van der Waals surface area (Å²) in [6.45, 7) is 0.275. The summed E-state index contributed by atoms with van der Waals surface area (Å²) in [5, 5.41) is 2.69. The lowest BCUT2D eigenvalue weighted by atomic mass is 10.2. The molecule has 0 unspecified atom stereocenters. The zero-order chi connectivity index (χ0) is 15.5. The van der Waals surface area contributed by atoms with Gasteiger partial charge in [-0.1, -0.05) is 0 Å². The Bertz CT molecular complexity index is 624. The number of aromatic nitrogens is 3. The summed E-state index contributed by atoms with van der Waals surface area (Å²) >= 11 is 0. The van der Waals surface area contributed by atoms with Gasteiger partial charge >= 0.3 is 6.18 Å². The van der Waals surface area contributed by atoms with Gasteiger partial charge in [-0.25, -0.2) is 9.97 Å². The molecule has 1 amide bonds. The van der Waals surface area contributed by atoms with Crippen LogP contribution in [0.15, 0.2) is 24.7 Å². The largest absolute Gasteiger partial charge is 0.433 e. The van der Waals surface area contributed by atoms with Crippen LogP contribution in [0.1, 0.15) is 21.7 Å². The summed E-state index contributed by atoms with van der Waals surface area (Å²) < 4.78 is 37.9. The Morgan fingerprint density at radius 3 is 2.71 bits per heavy atom. The van der Waals surface area contributed by atoms with E-state index in [0.29, 0.717) is 6.42 Å². The van der Waals surface area contributed by atoms with E-state index in [1.807, 2.05) is 0 Å². The molecule has 0 aromatic carbocycles. The standard InChI is InChI=1S/C12H12F3N5O/c13-12(14,15)9-2-1-8(10(16)21)11(20-9)18-4-3-7-5-17-6-19-7/h1-2,5-6H,3-4H2,(H2,16,21)(H,17,19)(H,18,20). The normalized spacial score (nSPS) is 11.4. The summed E-state index contributed by atoms with van der Waals surface area (Å²) in [6.07, 6.45) is -1.02. The van der Waals surface area contributed by atoms with Gasteiger partial charge in [0, 0.05) is 24.9 Å². The van der Waals surface area contributed by atoms with Crippen molar-refractivity contribution in [1.29, 1.82) is 0 Å². The minimum Gasteiger partial charge on any atom is -0.369 e. The number of H-pyrrole nitrogens is 1. The summed E-state index contributed by atoms with van der Waals surface area (Å²) in [6, 6.07) is 1.73. The summed E-state index contributed by atoms with van der Waals surface area (Å²) in [5.41, 5.74) is 4.75. The van der Waals surface area contributed by atoms with E-state index in [9.17, 15) is 18.0 Å². The topological polar surface area (TPSA) is 96.7 Å². The van der Waals surface area contributed by atoms with Crippen LogP contribution >= 0.6 is 0 Å². The minimum atomic E-state index is -4.59. The zero-order valence-corrected chi connectivity index (χ0v) is 10.7. The van der Waals surface area contributed by atoms with Crippen LogP contribution in [0.25, 0.3) is 0 Å². The second-order valence-corrected chi connectivity index (χ2v) is 4.21. The van der Waals surface area contributed by atoms with Gasteiger partial charge < -0.3 is 16.0 Å². The molecular weight excluding hydrogens is 287 g/mol. The van der Waals surface area contributed by atoms with Crippen molar-refractivity contribution in [3.8, 4) is 0 Å². The molecule has 0 saturated heterocycles. The van der Waals surface area contributed by atoms with Gasteiger partial charge in [0.25, 0.3) is 5.91 Å². The monoisotopic (exact) mass is 299 g/mol. The van der Waals surface area contributed by atoms with Gasteiger partial charge in [-0.05, 0) is 12.1 Å². The van der Waals surface area contributed by atoms with Crippen LogP contribution in [0.3, 0.4) is 0 Å². The zero-order valence-electron chi connectivity index (χ0n) is 10.7. The first-order valence-electron chi connectivity index (χ1n) is 5.97. The molecule has 0 spiro atoms. The van der Waals surface area contributed by atoms with Crippen molar-refractivity contribution in [2.24, 2.45) is 5.73 Å². The van der Waals surface area contributed by atoms with Crippen LogP contribution in [-0.2, 0) is 12.6 Å². The molecule has 4 N–H and O–H groups in total. The molecular formula is C12H12F3N5O. The number of nitrogens with two attached hydrogens (primary N) is 1. The SMILES string of the molecule is NC(=O)c1ccc(C(F)(F)F)nc1NCCc1cnc[nH]1. The summed E-state index contributed by atoms with van der Waals surface area (Å²) in [4.78, 5) is 21.3. The molecule has 9 heteroatoms. The molecule has 0 aliphatic carbocycles. The van der Waals surface area contributed by atoms with Crippen molar-refractivity contribution >= 4 is 11.7 Å². The molecule has 0 aliphatic rings. The van der Waals surface area contributed by atoms with Gasteiger partial charge in [0.15, 0.2) is 0 Å². The van der Waals surface area contributed by atoms with Crippen LogP contribution in [-0.4, -0.2) is 27.4 Å². The van der Waals surface area contributed by atoms with Crippen LogP contribution in [0.2, 0.25) is 0 Å². The fraction of sp³-hybridized carbons (Fsp3) is 0.250. The Hall–Kier alpha value is -2.58. The molecule has 21 heavy (non-hydrogen) atoms. The average molecular weight is 299 g/mol. The van der Waals surface area contributed by atoms with Gasteiger partial charge in [-0.2, -0.15) is 13.2 Å². The third-order valence-electron chi connectivity index (χ3n) is 2.69. The van der Waals surface area contributed by atoms with Crippen molar-refractivity contribution in [3.63, 3.8) is 0 Å². The summed E-state index contributed by atoms with van der Waals surface area (Å²) in [5.74, 6) is -1.03. The van der Waals surface area contributed by atoms with Gasteiger partial charge in [-0.3, -0.25) is 4.79 Å². The molecule has 0 saturated carbocycles. The number of amides is 1. The Kier molecular flexibility index (Phi) is 4.10. The maximum atomic E-state index is 12.6. The van der Waals surface area contributed by atoms with Crippen molar-refractivity contribution in [2.45, 2.75) is 12.6 Å². The molecule has 0 atom stereocenters. The number of primary amides is 1. The number of hydrogen-bond donors (Lipinski definition) is 3. The van der Waals surface area contributed by atoms with Gasteiger partial charge in [0.2, 0.25) is 0 Å². The van der Waals surface area contributed by atoms with Gasteiger partial charge in [0.05, 0.1) is 11.9 Å². The second kappa shape index (κ2) is 5.81. The molecule has 6 nitrogen and oxygen atoms in total. The first-order valence-corrected chi connectivity index (χ1v) is 5.97. The Morgan fingerprint density at radius 1 is 1.38 bits per heavy atom. The van der Waals surface area contributed by atoms with E-state index in [1.54, 1.807) is 6.20 Å². The Labute approximate surface area is 117 Å². The number of pyridine rings is 1. The Morgan fingerprint density at radius 2 is 2.14 bits per heavy atom. The van der Waals surface area contributed by atoms with Crippen LogP contribution < -0.4 is 11.1 Å². The van der Waals surface area contributed by atoms with Crippen molar-refractivity contribution in [1.82, 2.24) is 15.0 Å². The smallest absolute Gasteiger partial charge is 0.369 e. The molecule has 0 aliphatic heterocycles. The molecule has 2 aromatic rings. The van der Waals surface area contributed by atoms with E-state index < -0.39 is 17.8 Å². The number of nitrogens with one attached hydrogen (secondary N) is 2. The quantitative estimate of drug-likeness (QED) is 0.781. The van der Waals surface area contributed by atoms with E-state index in [0.717, 1.165) is 17.8 Å². The molecule has 0 bridgehead atoms. The van der Waals surface area contributed by atoms with E-state index in [-0.39, 0.29) is 17.9 Å². The predicted molar refractivity (Wildman–Crippen MR) is 68.5 cm³/mol. The molecule has 112 valence electrons. The maximum Gasteiger partial charge on any atom is 0.433 e. The lowest BCUT2D eigenvalue weighted by Crippen LogP contribution is -2.19. The number of alkyl halides is 3. The van der Waals surface area contributed by atoms with Crippen LogP contribution in [0, 0.1) is 0 Å². The van der Waals surface area contributed by atoms with Crippen LogP contribution in [0.4, 0.5) is 19.0 Å². The number of imidazole rings is 1. The van der Waals surface area contributed by atoms with E-state index in [1.165, 1.54) is 6.33 Å². The number of hydrogen-bond acceptors (Lipinski definition) is 4. The third kappa shape index (κ3) is 3.71. The fourth-order valence-corrected chi connectivity index (χ4v) is 1.69. The highest BCUT2D eigenvalue weighted by Crippen LogP contribution is 2.29. The van der Waals surface area contributed by atoms with Crippen molar-refractivity contribution in [3.05, 3.63) is 41.6 Å². The third-order valence-corrected chi connectivity index (χ3v) is 2.69. The van der Waals surface area contributed by atoms with E-state index >= 15 is 0 Å². The predicted octanol–water partition coefficient (Wildman–Crippen LogP) is 1.58. The highest BCUT2D eigenvalue weighted by Gasteiger charge is 2.33. The van der Waals surface area contributed by atoms with E-state index in [2.05, 4.69) is 20.3 Å². The second-order valence-electron chi connectivity index (χ2n) is 4.21. The van der Waals surface area contributed by atoms with Gasteiger partial charge in [0.1, 0.15) is 11.5 Å². The van der Waals surface area contributed by atoms with Crippen LogP contribution in [0.5, 0.6) is 0 Å². The Balaban J connectivity index is 2.16. The number of halogens is 3. The maximum absolute atomic E-state index is 12.6. The van der Waals surface area contributed by atoms with Crippen molar-refractivity contribution < 1.29 is 18.0 Å². The average Bonchev–Trinajstić information content (AvgIpc) is 2.90. The lowest BCUT2D eigenvalue weighted by Gasteiger charge is -2.12. The fourth-order valence-electron chi connectivity index (χ4n) is 1.69. The number of carbonyl (C=O) groups is 1. The highest BCUT2D eigenvalue weighted by atomic mass is 19.4. The molecule has 2 aromatic heterocycles. The highest BCUT2D eigenvalue weighted by molar-refractivity contribution is 5.97. The number of aromatic amines is 1. The van der Waals surface area contributed by atoms with Gasteiger partial charge in [-0.15, -0.1) is 0 Å². The minimum absolute atomic E-state index is 0.0902. The summed E-state index contributed by atoms with van der Waals surface area (Å²) in [7, 11) is 0.